The number of ether oxygens (including phenoxy) is 1. The lowest BCUT2D eigenvalue weighted by Gasteiger charge is -2.35. The zero-order valence-corrected chi connectivity index (χ0v) is 12.0. The van der Waals surface area contributed by atoms with E-state index < -0.39 is 0 Å². The molecule has 1 aromatic heterocycles. The van der Waals surface area contributed by atoms with Crippen molar-refractivity contribution in [2.75, 3.05) is 39.4 Å². The van der Waals surface area contributed by atoms with Gasteiger partial charge in [0, 0.05) is 32.1 Å². The van der Waals surface area contributed by atoms with Crippen molar-refractivity contribution in [3.63, 3.8) is 0 Å². The third-order valence-electron chi connectivity index (χ3n) is 4.19. The van der Waals surface area contributed by atoms with Crippen LogP contribution in [0, 0.1) is 5.92 Å². The van der Waals surface area contributed by atoms with Gasteiger partial charge in [0.25, 0.3) is 5.91 Å². The Hall–Kier alpha value is -1.82. The van der Waals surface area contributed by atoms with Crippen molar-refractivity contribution in [1.29, 1.82) is 0 Å². The van der Waals surface area contributed by atoms with Gasteiger partial charge in [-0.3, -0.25) is 9.59 Å². The summed E-state index contributed by atoms with van der Waals surface area (Å²) in [5.41, 5.74) is 0. The zero-order chi connectivity index (χ0) is 14.7. The largest absolute Gasteiger partial charge is 0.459 e. The fourth-order valence-corrected chi connectivity index (χ4v) is 2.93. The molecule has 0 bridgehead atoms. The van der Waals surface area contributed by atoms with Crippen molar-refractivity contribution in [3.05, 3.63) is 24.2 Å². The van der Waals surface area contributed by atoms with Crippen molar-refractivity contribution < 1.29 is 18.7 Å². The maximum absolute atomic E-state index is 12.4. The molecule has 21 heavy (non-hydrogen) atoms. The van der Waals surface area contributed by atoms with E-state index in [4.69, 9.17) is 9.15 Å². The van der Waals surface area contributed by atoms with Gasteiger partial charge < -0.3 is 19.0 Å². The maximum atomic E-state index is 12.4. The molecule has 114 valence electrons. The van der Waals surface area contributed by atoms with Crippen LogP contribution in [0.4, 0.5) is 0 Å². The van der Waals surface area contributed by atoms with Gasteiger partial charge in [-0.05, 0) is 25.0 Å². The molecule has 2 saturated heterocycles. The van der Waals surface area contributed by atoms with Crippen LogP contribution in [0.15, 0.2) is 22.8 Å². The van der Waals surface area contributed by atoms with Gasteiger partial charge in [0.05, 0.1) is 19.5 Å². The van der Waals surface area contributed by atoms with E-state index in [2.05, 4.69) is 0 Å². The fourth-order valence-electron chi connectivity index (χ4n) is 2.93. The normalized spacial score (nSPS) is 20.6. The standard InChI is InChI=1S/C15H20N2O4/c18-14(17-7-10-20-11-8-17)12-3-5-16(6-4-12)15(19)13-2-1-9-21-13/h1-2,9,12H,3-8,10-11H2. The minimum absolute atomic E-state index is 0.0313. The van der Waals surface area contributed by atoms with Crippen LogP contribution in [0.3, 0.4) is 0 Å². The number of carbonyl (C=O) groups is 2. The maximum Gasteiger partial charge on any atom is 0.289 e. The first-order chi connectivity index (χ1) is 10.3. The van der Waals surface area contributed by atoms with E-state index in [-0.39, 0.29) is 17.7 Å². The highest BCUT2D eigenvalue weighted by molar-refractivity contribution is 5.91. The Morgan fingerprint density at radius 2 is 1.76 bits per heavy atom. The van der Waals surface area contributed by atoms with E-state index in [1.54, 1.807) is 17.0 Å². The lowest BCUT2D eigenvalue weighted by Crippen LogP contribution is -2.47. The predicted octanol–water partition coefficient (Wildman–Crippen LogP) is 0.991. The van der Waals surface area contributed by atoms with Gasteiger partial charge in [-0.1, -0.05) is 0 Å². The number of likely N-dealkylation sites (tertiary alicyclic amines) is 1. The first kappa shape index (κ1) is 14.1. The molecule has 0 spiro atoms. The van der Waals surface area contributed by atoms with E-state index in [1.165, 1.54) is 6.26 Å². The van der Waals surface area contributed by atoms with Crippen molar-refractivity contribution >= 4 is 11.8 Å². The molecule has 0 atom stereocenters. The van der Waals surface area contributed by atoms with Crippen LogP contribution in [0.2, 0.25) is 0 Å². The van der Waals surface area contributed by atoms with E-state index in [0.717, 1.165) is 12.8 Å². The zero-order valence-electron chi connectivity index (χ0n) is 12.0. The van der Waals surface area contributed by atoms with Crippen molar-refractivity contribution in [3.8, 4) is 0 Å². The Morgan fingerprint density at radius 3 is 2.38 bits per heavy atom. The van der Waals surface area contributed by atoms with E-state index in [9.17, 15) is 9.59 Å². The molecule has 0 N–H and O–H groups in total. The van der Waals surface area contributed by atoms with Crippen LogP contribution in [-0.4, -0.2) is 61.0 Å². The molecule has 0 aliphatic carbocycles. The third-order valence-corrected chi connectivity index (χ3v) is 4.19. The highest BCUT2D eigenvalue weighted by Crippen LogP contribution is 2.21. The molecule has 2 aliphatic heterocycles. The number of amides is 2. The van der Waals surface area contributed by atoms with Gasteiger partial charge in [-0.15, -0.1) is 0 Å². The summed E-state index contributed by atoms with van der Waals surface area (Å²) in [6.45, 7) is 3.85. The molecule has 2 aliphatic rings. The predicted molar refractivity (Wildman–Crippen MR) is 74.7 cm³/mol. The molecule has 2 amide bonds. The smallest absolute Gasteiger partial charge is 0.289 e. The number of piperidine rings is 1. The van der Waals surface area contributed by atoms with Crippen LogP contribution >= 0.6 is 0 Å². The number of morpholine rings is 1. The molecule has 1 aromatic rings. The van der Waals surface area contributed by atoms with Crippen LogP contribution in [0.1, 0.15) is 23.4 Å². The molecule has 6 heteroatoms. The van der Waals surface area contributed by atoms with Gasteiger partial charge in [-0.2, -0.15) is 0 Å². The molecule has 3 rings (SSSR count). The minimum atomic E-state index is -0.0859. The molecule has 3 heterocycles. The Bertz CT molecular complexity index is 486. The average Bonchev–Trinajstić information content (AvgIpc) is 3.09. The second kappa shape index (κ2) is 6.30. The summed E-state index contributed by atoms with van der Waals surface area (Å²) in [5.74, 6) is 0.525. The molecule has 0 saturated carbocycles. The van der Waals surface area contributed by atoms with E-state index in [1.807, 2.05) is 4.90 Å². The number of hydrogen-bond acceptors (Lipinski definition) is 4. The lowest BCUT2D eigenvalue weighted by atomic mass is 9.95. The summed E-state index contributed by atoms with van der Waals surface area (Å²) >= 11 is 0. The molecular formula is C15H20N2O4. The number of hydrogen-bond donors (Lipinski definition) is 0. The van der Waals surface area contributed by atoms with Crippen molar-refractivity contribution in [2.24, 2.45) is 5.92 Å². The number of carbonyl (C=O) groups excluding carboxylic acids is 2. The monoisotopic (exact) mass is 292 g/mol. The van der Waals surface area contributed by atoms with Gasteiger partial charge in [0.15, 0.2) is 5.76 Å². The number of furan rings is 1. The molecular weight excluding hydrogens is 272 g/mol. The first-order valence-corrected chi connectivity index (χ1v) is 7.45. The van der Waals surface area contributed by atoms with Crippen LogP contribution in [0.25, 0.3) is 0 Å². The minimum Gasteiger partial charge on any atom is -0.459 e. The van der Waals surface area contributed by atoms with E-state index in [0.29, 0.717) is 45.2 Å². The highest BCUT2D eigenvalue weighted by Gasteiger charge is 2.31. The van der Waals surface area contributed by atoms with E-state index >= 15 is 0 Å². The summed E-state index contributed by atoms with van der Waals surface area (Å²) < 4.78 is 10.4. The summed E-state index contributed by atoms with van der Waals surface area (Å²) in [6, 6.07) is 3.38. The molecule has 2 fully saturated rings. The van der Waals surface area contributed by atoms with Gasteiger partial charge in [0.1, 0.15) is 0 Å². The third kappa shape index (κ3) is 3.10. The average molecular weight is 292 g/mol. The highest BCUT2D eigenvalue weighted by atomic mass is 16.5. The van der Waals surface area contributed by atoms with Crippen LogP contribution in [-0.2, 0) is 9.53 Å². The Labute approximate surface area is 123 Å². The summed E-state index contributed by atoms with van der Waals surface area (Å²) in [5, 5.41) is 0. The topological polar surface area (TPSA) is 63.0 Å². The Balaban J connectivity index is 1.52. The van der Waals surface area contributed by atoms with Gasteiger partial charge in [-0.25, -0.2) is 0 Å². The lowest BCUT2D eigenvalue weighted by molar-refractivity contribution is -0.141. The van der Waals surface area contributed by atoms with Crippen molar-refractivity contribution in [2.45, 2.75) is 12.8 Å². The molecule has 0 aromatic carbocycles. The molecule has 0 radical (unpaired) electrons. The van der Waals surface area contributed by atoms with Crippen LogP contribution in [0.5, 0.6) is 0 Å². The first-order valence-electron chi connectivity index (χ1n) is 7.45. The molecule has 6 nitrogen and oxygen atoms in total. The van der Waals surface area contributed by atoms with Crippen LogP contribution < -0.4 is 0 Å². The number of rotatable bonds is 2. The van der Waals surface area contributed by atoms with Gasteiger partial charge in [0.2, 0.25) is 5.91 Å². The fraction of sp³-hybridized carbons (Fsp3) is 0.600. The quantitative estimate of drug-likeness (QED) is 0.815. The summed E-state index contributed by atoms with van der Waals surface area (Å²) in [6.07, 6.45) is 2.95. The Kier molecular flexibility index (Phi) is 4.24. The second-order valence-corrected chi connectivity index (χ2v) is 5.48. The Morgan fingerprint density at radius 1 is 1.05 bits per heavy atom. The molecule has 0 unspecified atom stereocenters. The number of nitrogens with zero attached hydrogens (tertiary/aromatic N) is 2. The SMILES string of the molecule is O=C(c1ccco1)N1CCC(C(=O)N2CCOCC2)CC1. The van der Waals surface area contributed by atoms with Gasteiger partial charge >= 0.3 is 0 Å². The van der Waals surface area contributed by atoms with Crippen molar-refractivity contribution in [1.82, 2.24) is 9.80 Å². The second-order valence-electron chi connectivity index (χ2n) is 5.48. The summed E-state index contributed by atoms with van der Waals surface area (Å²) in [4.78, 5) is 28.2. The summed E-state index contributed by atoms with van der Waals surface area (Å²) in [7, 11) is 0.